The first-order valence-corrected chi connectivity index (χ1v) is 4.54. The summed E-state index contributed by atoms with van der Waals surface area (Å²) in [6, 6.07) is 0.810. The number of fused-ring (bicyclic) bond motifs is 3. The van der Waals surface area contributed by atoms with Gasteiger partial charge in [-0.3, -0.25) is 0 Å². The zero-order valence-electron chi connectivity index (χ0n) is 7.42. The van der Waals surface area contributed by atoms with E-state index in [4.69, 9.17) is 4.74 Å². The molecule has 1 saturated carbocycles. The lowest BCUT2D eigenvalue weighted by atomic mass is 9.78. The van der Waals surface area contributed by atoms with Crippen LogP contribution in [0.25, 0.3) is 0 Å². The molecule has 3 aliphatic rings. The molecule has 0 aromatic rings. The largest absolute Gasteiger partial charge is 0.381 e. The number of rotatable bonds is 1. The summed E-state index contributed by atoms with van der Waals surface area (Å²) in [5.41, 5.74) is 0. The number of ether oxygens (including phenoxy) is 1. The van der Waals surface area contributed by atoms with Gasteiger partial charge in [0.1, 0.15) is 0 Å². The lowest BCUT2D eigenvalue weighted by molar-refractivity contribution is -0.0602. The molecule has 0 spiro atoms. The maximum Gasteiger partial charge on any atom is 0.0626 e. The Labute approximate surface area is 68.5 Å². The molecule has 2 heteroatoms. The molecule has 3 rings (SSSR count). The third-order valence-corrected chi connectivity index (χ3v) is 3.35. The van der Waals surface area contributed by atoms with Gasteiger partial charge < -0.3 is 9.64 Å². The van der Waals surface area contributed by atoms with Gasteiger partial charge in [-0.1, -0.05) is 0 Å². The standard InChI is InChI=1S/C9H17NO/c1-10-6-7-3-4-8(10)5-9(7)11-2/h7-9H,3-6H2,1-2H3/t7-,8-,9+/m0/s1. The number of piperidine rings is 2. The number of nitrogens with zero attached hydrogens (tertiary/aromatic N) is 1. The monoisotopic (exact) mass is 155 g/mol. The third-order valence-electron chi connectivity index (χ3n) is 3.35. The fraction of sp³-hybridized carbons (Fsp3) is 1.00. The Morgan fingerprint density at radius 3 is 2.64 bits per heavy atom. The summed E-state index contributed by atoms with van der Waals surface area (Å²) in [7, 11) is 4.09. The Kier molecular flexibility index (Phi) is 1.90. The SMILES string of the molecule is CO[C@@H]1C[C@@H]2CC[C@H]1CN2C. The van der Waals surface area contributed by atoms with Crippen molar-refractivity contribution in [2.24, 2.45) is 5.92 Å². The lowest BCUT2D eigenvalue weighted by Crippen LogP contribution is -2.52. The van der Waals surface area contributed by atoms with Crippen LogP contribution in [0.5, 0.6) is 0 Å². The van der Waals surface area contributed by atoms with Crippen molar-refractivity contribution in [2.75, 3.05) is 20.7 Å². The van der Waals surface area contributed by atoms with Gasteiger partial charge in [0.2, 0.25) is 0 Å². The van der Waals surface area contributed by atoms with Gasteiger partial charge >= 0.3 is 0 Å². The molecule has 0 unspecified atom stereocenters. The normalized spacial score (nSPS) is 44.7. The molecule has 2 nitrogen and oxygen atoms in total. The number of hydrogen-bond donors (Lipinski definition) is 0. The Hall–Kier alpha value is -0.0800. The molecule has 3 atom stereocenters. The van der Waals surface area contributed by atoms with Gasteiger partial charge in [0.05, 0.1) is 6.10 Å². The highest BCUT2D eigenvalue weighted by molar-refractivity contribution is 4.92. The van der Waals surface area contributed by atoms with Crippen molar-refractivity contribution in [1.29, 1.82) is 0 Å². The van der Waals surface area contributed by atoms with E-state index in [1.165, 1.54) is 25.8 Å². The first kappa shape index (κ1) is 7.56. The first-order chi connectivity index (χ1) is 5.31. The predicted octanol–water partition coefficient (Wildman–Crippen LogP) is 1.12. The molecule has 0 N–H and O–H groups in total. The summed E-state index contributed by atoms with van der Waals surface area (Å²) in [5.74, 6) is 0.815. The maximum atomic E-state index is 5.45. The molecular formula is C9H17NO. The lowest BCUT2D eigenvalue weighted by Gasteiger charge is -2.47. The zero-order valence-corrected chi connectivity index (χ0v) is 7.42. The fourth-order valence-corrected chi connectivity index (χ4v) is 2.59. The van der Waals surface area contributed by atoms with Crippen LogP contribution in [0.3, 0.4) is 0 Å². The van der Waals surface area contributed by atoms with Crippen LogP contribution in [0.4, 0.5) is 0 Å². The zero-order chi connectivity index (χ0) is 7.84. The summed E-state index contributed by atoms with van der Waals surface area (Å²) >= 11 is 0. The van der Waals surface area contributed by atoms with Crippen molar-refractivity contribution >= 4 is 0 Å². The molecule has 0 radical (unpaired) electrons. The average molecular weight is 155 g/mol. The molecule has 1 aliphatic carbocycles. The van der Waals surface area contributed by atoms with E-state index in [9.17, 15) is 0 Å². The molecule has 3 fully saturated rings. The van der Waals surface area contributed by atoms with Crippen molar-refractivity contribution in [2.45, 2.75) is 31.4 Å². The molecular weight excluding hydrogens is 138 g/mol. The minimum absolute atomic E-state index is 0.560. The van der Waals surface area contributed by atoms with Gasteiger partial charge in [0.15, 0.2) is 0 Å². The van der Waals surface area contributed by atoms with Crippen molar-refractivity contribution in [3.8, 4) is 0 Å². The van der Waals surface area contributed by atoms with E-state index in [1.807, 2.05) is 7.11 Å². The van der Waals surface area contributed by atoms with Gasteiger partial charge in [-0.15, -0.1) is 0 Å². The highest BCUT2D eigenvalue weighted by Gasteiger charge is 2.38. The Morgan fingerprint density at radius 1 is 1.36 bits per heavy atom. The van der Waals surface area contributed by atoms with Crippen LogP contribution in [-0.4, -0.2) is 37.7 Å². The Morgan fingerprint density at radius 2 is 2.18 bits per heavy atom. The van der Waals surface area contributed by atoms with E-state index in [-0.39, 0.29) is 0 Å². The molecule has 2 aliphatic heterocycles. The molecule has 11 heavy (non-hydrogen) atoms. The second-order valence-electron chi connectivity index (χ2n) is 3.94. The molecule has 2 saturated heterocycles. The highest BCUT2D eigenvalue weighted by atomic mass is 16.5. The van der Waals surface area contributed by atoms with E-state index in [0.29, 0.717) is 6.10 Å². The number of hydrogen-bond acceptors (Lipinski definition) is 2. The van der Waals surface area contributed by atoms with E-state index < -0.39 is 0 Å². The van der Waals surface area contributed by atoms with Crippen LogP contribution in [0.15, 0.2) is 0 Å². The van der Waals surface area contributed by atoms with Crippen LogP contribution in [0.1, 0.15) is 19.3 Å². The van der Waals surface area contributed by atoms with Gasteiger partial charge in [-0.25, -0.2) is 0 Å². The third kappa shape index (κ3) is 1.18. The maximum absolute atomic E-state index is 5.45. The second-order valence-corrected chi connectivity index (χ2v) is 3.94. The van der Waals surface area contributed by atoms with Crippen molar-refractivity contribution in [1.82, 2.24) is 4.90 Å². The van der Waals surface area contributed by atoms with Crippen LogP contribution in [0.2, 0.25) is 0 Å². The average Bonchev–Trinajstić information content (AvgIpc) is 2.05. The molecule has 2 bridgehead atoms. The van der Waals surface area contributed by atoms with Crippen LogP contribution in [-0.2, 0) is 4.74 Å². The van der Waals surface area contributed by atoms with Gasteiger partial charge in [-0.05, 0) is 32.2 Å². The predicted molar refractivity (Wildman–Crippen MR) is 44.6 cm³/mol. The minimum atomic E-state index is 0.560. The molecule has 0 aromatic carbocycles. The van der Waals surface area contributed by atoms with E-state index in [2.05, 4.69) is 11.9 Å². The van der Waals surface area contributed by atoms with Gasteiger partial charge in [-0.2, -0.15) is 0 Å². The summed E-state index contributed by atoms with van der Waals surface area (Å²) in [6.45, 7) is 1.25. The van der Waals surface area contributed by atoms with Crippen molar-refractivity contribution in [3.05, 3.63) is 0 Å². The van der Waals surface area contributed by atoms with Crippen LogP contribution in [0, 0.1) is 5.92 Å². The second kappa shape index (κ2) is 2.76. The molecule has 0 aromatic heterocycles. The smallest absolute Gasteiger partial charge is 0.0626 e. The summed E-state index contributed by atoms with van der Waals surface area (Å²) in [4.78, 5) is 2.49. The van der Waals surface area contributed by atoms with Crippen LogP contribution < -0.4 is 0 Å². The van der Waals surface area contributed by atoms with E-state index in [1.54, 1.807) is 0 Å². The highest BCUT2D eigenvalue weighted by Crippen LogP contribution is 2.35. The first-order valence-electron chi connectivity index (χ1n) is 4.54. The molecule has 64 valence electrons. The van der Waals surface area contributed by atoms with Gasteiger partial charge in [0.25, 0.3) is 0 Å². The van der Waals surface area contributed by atoms with E-state index >= 15 is 0 Å². The van der Waals surface area contributed by atoms with Crippen molar-refractivity contribution in [3.63, 3.8) is 0 Å². The topological polar surface area (TPSA) is 12.5 Å². The molecule has 0 amide bonds. The minimum Gasteiger partial charge on any atom is -0.381 e. The molecule has 2 heterocycles. The van der Waals surface area contributed by atoms with Crippen molar-refractivity contribution < 1.29 is 4.74 Å². The Bertz CT molecular complexity index is 148. The summed E-state index contributed by atoms with van der Waals surface area (Å²) < 4.78 is 5.45. The van der Waals surface area contributed by atoms with E-state index in [0.717, 1.165) is 12.0 Å². The number of methoxy groups -OCH3 is 1. The quantitative estimate of drug-likeness (QED) is 0.562. The van der Waals surface area contributed by atoms with Gasteiger partial charge in [0, 0.05) is 19.7 Å². The fourth-order valence-electron chi connectivity index (χ4n) is 2.59. The summed E-state index contributed by atoms with van der Waals surface area (Å²) in [6.07, 6.45) is 4.59. The van der Waals surface area contributed by atoms with Crippen LogP contribution >= 0.6 is 0 Å². The summed E-state index contributed by atoms with van der Waals surface area (Å²) in [5, 5.41) is 0. The Balaban J connectivity index is 2.04.